The monoisotopic (exact) mass is 268 g/mol. The summed E-state index contributed by atoms with van der Waals surface area (Å²) in [7, 11) is 0. The number of rotatable bonds is 10. The average molecular weight is 268 g/mol. The fourth-order valence-electron chi connectivity index (χ4n) is 1.81. The minimum absolute atomic E-state index is 0.226. The highest BCUT2D eigenvalue weighted by atomic mass is 19.1. The van der Waals surface area contributed by atoms with E-state index in [-0.39, 0.29) is 12.2 Å². The number of halogens is 1. The smallest absolute Gasteiger partial charge is 0.303 e. The Morgan fingerprint density at radius 3 is 2.53 bits per heavy atom. The number of hydrogen-bond donors (Lipinski definition) is 1. The van der Waals surface area contributed by atoms with Gasteiger partial charge in [0.1, 0.15) is 5.82 Å². The molecule has 0 saturated heterocycles. The van der Waals surface area contributed by atoms with Crippen molar-refractivity contribution in [1.82, 2.24) is 0 Å². The summed E-state index contributed by atoms with van der Waals surface area (Å²) in [6.07, 6.45) is 4.92. The summed E-state index contributed by atoms with van der Waals surface area (Å²) in [6.45, 7) is 0.930. The molecule has 0 bridgehead atoms. The van der Waals surface area contributed by atoms with E-state index in [2.05, 4.69) is 0 Å². The van der Waals surface area contributed by atoms with Gasteiger partial charge in [0.2, 0.25) is 0 Å². The van der Waals surface area contributed by atoms with Crippen LogP contribution in [0, 0.1) is 5.82 Å². The van der Waals surface area contributed by atoms with Gasteiger partial charge in [-0.1, -0.05) is 37.5 Å². The Balaban J connectivity index is 1.94. The third-order valence-corrected chi connectivity index (χ3v) is 2.89. The molecule has 0 saturated carbocycles. The van der Waals surface area contributed by atoms with Crippen molar-refractivity contribution >= 4 is 5.97 Å². The van der Waals surface area contributed by atoms with Crippen LogP contribution in [-0.2, 0) is 16.1 Å². The molecule has 1 rings (SSSR count). The van der Waals surface area contributed by atoms with Gasteiger partial charge in [0.25, 0.3) is 0 Å². The van der Waals surface area contributed by atoms with Gasteiger partial charge < -0.3 is 9.84 Å². The van der Waals surface area contributed by atoms with Gasteiger partial charge in [0.15, 0.2) is 0 Å². The van der Waals surface area contributed by atoms with Gasteiger partial charge in [-0.05, 0) is 18.9 Å². The van der Waals surface area contributed by atoms with Crippen molar-refractivity contribution in [3.8, 4) is 0 Å². The molecule has 0 aromatic heterocycles. The van der Waals surface area contributed by atoms with Crippen LogP contribution in [0.15, 0.2) is 24.3 Å². The number of aliphatic carboxylic acids is 1. The minimum atomic E-state index is -0.728. The Hall–Kier alpha value is -1.42. The lowest BCUT2D eigenvalue weighted by atomic mass is 10.1. The van der Waals surface area contributed by atoms with Gasteiger partial charge in [-0.3, -0.25) is 4.79 Å². The van der Waals surface area contributed by atoms with Gasteiger partial charge in [0, 0.05) is 18.6 Å². The number of carbonyl (C=O) groups is 1. The van der Waals surface area contributed by atoms with Gasteiger partial charge in [0.05, 0.1) is 6.61 Å². The van der Waals surface area contributed by atoms with E-state index in [4.69, 9.17) is 9.84 Å². The Labute approximate surface area is 113 Å². The zero-order valence-corrected chi connectivity index (χ0v) is 11.1. The molecule has 0 aliphatic carbocycles. The van der Waals surface area contributed by atoms with Gasteiger partial charge >= 0.3 is 5.97 Å². The molecule has 19 heavy (non-hydrogen) atoms. The van der Waals surface area contributed by atoms with E-state index in [0.717, 1.165) is 32.1 Å². The van der Waals surface area contributed by atoms with Crippen LogP contribution in [0.3, 0.4) is 0 Å². The zero-order valence-electron chi connectivity index (χ0n) is 11.1. The summed E-state index contributed by atoms with van der Waals surface area (Å²) in [5, 5.41) is 8.47. The highest BCUT2D eigenvalue weighted by molar-refractivity contribution is 5.66. The fourth-order valence-corrected chi connectivity index (χ4v) is 1.81. The van der Waals surface area contributed by atoms with Crippen LogP contribution < -0.4 is 0 Å². The van der Waals surface area contributed by atoms with E-state index in [1.807, 2.05) is 0 Å². The van der Waals surface area contributed by atoms with Crippen LogP contribution in [0.4, 0.5) is 4.39 Å². The first-order valence-corrected chi connectivity index (χ1v) is 6.73. The highest BCUT2D eigenvalue weighted by Crippen LogP contribution is 2.09. The third-order valence-electron chi connectivity index (χ3n) is 2.89. The Bertz CT molecular complexity index is 379. The van der Waals surface area contributed by atoms with Crippen LogP contribution in [0.25, 0.3) is 0 Å². The largest absolute Gasteiger partial charge is 0.481 e. The first-order valence-electron chi connectivity index (χ1n) is 6.73. The van der Waals surface area contributed by atoms with Crippen molar-refractivity contribution in [3.63, 3.8) is 0 Å². The summed E-state index contributed by atoms with van der Waals surface area (Å²) in [4.78, 5) is 10.3. The van der Waals surface area contributed by atoms with Crippen LogP contribution in [-0.4, -0.2) is 17.7 Å². The molecule has 1 N–H and O–H groups in total. The molecule has 3 nitrogen and oxygen atoms in total. The van der Waals surface area contributed by atoms with Crippen molar-refractivity contribution in [1.29, 1.82) is 0 Å². The molecule has 1 aromatic carbocycles. The number of benzene rings is 1. The molecule has 0 atom stereocenters. The van der Waals surface area contributed by atoms with Gasteiger partial charge in [-0.2, -0.15) is 0 Å². The number of unbranched alkanes of at least 4 members (excludes halogenated alkanes) is 4. The molecule has 0 aliphatic rings. The molecule has 4 heteroatoms. The van der Waals surface area contributed by atoms with Crippen molar-refractivity contribution in [2.45, 2.75) is 45.1 Å². The van der Waals surface area contributed by atoms with Crippen LogP contribution in [0.2, 0.25) is 0 Å². The number of carboxylic acids is 1. The van der Waals surface area contributed by atoms with E-state index in [1.54, 1.807) is 18.2 Å². The molecule has 0 fully saturated rings. The Morgan fingerprint density at radius 2 is 1.79 bits per heavy atom. The minimum Gasteiger partial charge on any atom is -0.481 e. The van der Waals surface area contributed by atoms with Crippen molar-refractivity contribution in [3.05, 3.63) is 35.6 Å². The molecule has 0 spiro atoms. The second-order valence-electron chi connectivity index (χ2n) is 4.56. The summed E-state index contributed by atoms with van der Waals surface area (Å²) in [5.74, 6) is -0.954. The van der Waals surface area contributed by atoms with Crippen LogP contribution in [0.1, 0.15) is 44.1 Å². The molecular formula is C15H21FO3. The molecular weight excluding hydrogens is 247 g/mol. The lowest BCUT2D eigenvalue weighted by Gasteiger charge is -2.05. The second kappa shape index (κ2) is 9.50. The van der Waals surface area contributed by atoms with Crippen molar-refractivity contribution < 1.29 is 19.0 Å². The van der Waals surface area contributed by atoms with Crippen LogP contribution in [0.5, 0.6) is 0 Å². The molecule has 0 aliphatic heterocycles. The average Bonchev–Trinajstić information content (AvgIpc) is 2.38. The number of carboxylic acid groups (broad SMARTS) is 1. The highest BCUT2D eigenvalue weighted by Gasteiger charge is 2.00. The SMILES string of the molecule is O=C(O)CCCCCCCOCc1ccccc1F. The van der Waals surface area contributed by atoms with Crippen molar-refractivity contribution in [2.24, 2.45) is 0 Å². The standard InChI is InChI=1S/C15H21FO3/c16-14-9-6-5-8-13(14)12-19-11-7-3-1-2-4-10-15(17)18/h5-6,8-9H,1-4,7,10-12H2,(H,17,18). The molecule has 0 heterocycles. The summed E-state index contributed by atoms with van der Waals surface area (Å²) >= 11 is 0. The number of hydrogen-bond acceptors (Lipinski definition) is 2. The Morgan fingerprint density at radius 1 is 1.11 bits per heavy atom. The number of ether oxygens (including phenoxy) is 1. The maximum absolute atomic E-state index is 13.2. The lowest BCUT2D eigenvalue weighted by Crippen LogP contribution is -1.98. The molecule has 106 valence electrons. The first kappa shape index (κ1) is 15.6. The normalized spacial score (nSPS) is 10.6. The van der Waals surface area contributed by atoms with E-state index >= 15 is 0 Å². The summed E-state index contributed by atoms with van der Waals surface area (Å²) in [6, 6.07) is 6.61. The quantitative estimate of drug-likeness (QED) is 0.657. The summed E-state index contributed by atoms with van der Waals surface area (Å²) < 4.78 is 18.7. The fraction of sp³-hybridized carbons (Fsp3) is 0.533. The lowest BCUT2D eigenvalue weighted by molar-refractivity contribution is -0.137. The second-order valence-corrected chi connectivity index (χ2v) is 4.56. The topological polar surface area (TPSA) is 46.5 Å². The summed E-state index contributed by atoms with van der Waals surface area (Å²) in [5.41, 5.74) is 0.587. The van der Waals surface area contributed by atoms with Crippen molar-refractivity contribution in [2.75, 3.05) is 6.61 Å². The Kier molecular flexibility index (Phi) is 7.82. The molecule has 0 unspecified atom stereocenters. The van der Waals surface area contributed by atoms with E-state index in [1.165, 1.54) is 6.07 Å². The maximum Gasteiger partial charge on any atom is 0.303 e. The van der Waals surface area contributed by atoms with Crippen LogP contribution >= 0.6 is 0 Å². The zero-order chi connectivity index (χ0) is 13.9. The molecule has 0 radical (unpaired) electrons. The molecule has 0 amide bonds. The third kappa shape index (κ3) is 7.57. The predicted octanol–water partition coefficient (Wildman–Crippen LogP) is 3.77. The van der Waals surface area contributed by atoms with E-state index in [9.17, 15) is 9.18 Å². The van der Waals surface area contributed by atoms with E-state index in [0.29, 0.717) is 18.8 Å². The van der Waals surface area contributed by atoms with Gasteiger partial charge in [-0.15, -0.1) is 0 Å². The van der Waals surface area contributed by atoms with E-state index < -0.39 is 5.97 Å². The maximum atomic E-state index is 13.2. The predicted molar refractivity (Wildman–Crippen MR) is 71.4 cm³/mol. The molecule has 1 aromatic rings. The first-order chi connectivity index (χ1) is 9.20. The van der Waals surface area contributed by atoms with Gasteiger partial charge in [-0.25, -0.2) is 4.39 Å².